The van der Waals surface area contributed by atoms with Crippen molar-refractivity contribution in [2.24, 2.45) is 0 Å². The van der Waals surface area contributed by atoms with Crippen LogP contribution in [-0.4, -0.2) is 36.2 Å². The minimum Gasteiger partial charge on any atom is -0.508 e. The predicted octanol–water partition coefficient (Wildman–Crippen LogP) is 1.70. The van der Waals surface area contributed by atoms with Crippen molar-refractivity contribution in [3.8, 4) is 5.75 Å². The first-order chi connectivity index (χ1) is 8.13. The number of carbonyl (C=O) groups is 1. The smallest absolute Gasteiger partial charge is 0.323 e. The maximum absolute atomic E-state index is 11.6. The van der Waals surface area contributed by atoms with Crippen LogP contribution in [0.25, 0.3) is 0 Å². The van der Waals surface area contributed by atoms with Gasteiger partial charge in [-0.1, -0.05) is 12.1 Å². The molecule has 1 aromatic carbocycles. The van der Waals surface area contributed by atoms with Crippen molar-refractivity contribution in [1.29, 1.82) is 0 Å². The van der Waals surface area contributed by atoms with Crippen LogP contribution in [0.15, 0.2) is 24.3 Å². The SMILES string of the molecule is COC(=O)[C@@H]1CC[C@H](c2ccc(O)cc2)N1C. The number of likely N-dealkylation sites (N-methyl/N-ethyl adjacent to an activating group) is 1. The van der Waals surface area contributed by atoms with E-state index in [0.29, 0.717) is 0 Å². The number of nitrogens with zero attached hydrogens (tertiary/aromatic N) is 1. The average molecular weight is 235 g/mol. The number of rotatable bonds is 2. The van der Waals surface area contributed by atoms with E-state index in [4.69, 9.17) is 4.74 Å². The zero-order valence-corrected chi connectivity index (χ0v) is 10.1. The van der Waals surface area contributed by atoms with E-state index in [1.807, 2.05) is 24.1 Å². The zero-order valence-electron chi connectivity index (χ0n) is 10.1. The molecule has 1 fully saturated rings. The number of carbonyl (C=O) groups excluding carboxylic acids is 1. The van der Waals surface area contributed by atoms with E-state index < -0.39 is 0 Å². The van der Waals surface area contributed by atoms with Crippen molar-refractivity contribution in [2.75, 3.05) is 14.2 Å². The maximum Gasteiger partial charge on any atom is 0.323 e. The Morgan fingerprint density at radius 3 is 2.59 bits per heavy atom. The van der Waals surface area contributed by atoms with Gasteiger partial charge in [-0.2, -0.15) is 0 Å². The summed E-state index contributed by atoms with van der Waals surface area (Å²) in [6, 6.07) is 7.22. The molecule has 1 saturated heterocycles. The highest BCUT2D eigenvalue weighted by Gasteiger charge is 2.36. The van der Waals surface area contributed by atoms with E-state index in [-0.39, 0.29) is 23.8 Å². The Morgan fingerprint density at radius 2 is 2.00 bits per heavy atom. The second-order valence-electron chi connectivity index (χ2n) is 4.39. The monoisotopic (exact) mass is 235 g/mol. The molecule has 1 aromatic rings. The van der Waals surface area contributed by atoms with E-state index in [1.54, 1.807) is 12.1 Å². The van der Waals surface area contributed by atoms with Gasteiger partial charge < -0.3 is 9.84 Å². The summed E-state index contributed by atoms with van der Waals surface area (Å²) in [6.07, 6.45) is 1.75. The number of esters is 1. The first kappa shape index (κ1) is 11.9. The molecule has 0 bridgehead atoms. The summed E-state index contributed by atoms with van der Waals surface area (Å²) < 4.78 is 4.79. The van der Waals surface area contributed by atoms with Crippen LogP contribution < -0.4 is 0 Å². The lowest BCUT2D eigenvalue weighted by molar-refractivity contribution is -0.145. The Balaban J connectivity index is 2.14. The van der Waals surface area contributed by atoms with Crippen LogP contribution in [0.2, 0.25) is 0 Å². The van der Waals surface area contributed by atoms with Crippen LogP contribution in [0.1, 0.15) is 24.4 Å². The van der Waals surface area contributed by atoms with Gasteiger partial charge in [-0.25, -0.2) is 0 Å². The van der Waals surface area contributed by atoms with E-state index >= 15 is 0 Å². The van der Waals surface area contributed by atoms with Crippen LogP contribution in [0.5, 0.6) is 5.75 Å². The Kier molecular flexibility index (Phi) is 3.33. The molecule has 4 nitrogen and oxygen atoms in total. The van der Waals surface area contributed by atoms with Gasteiger partial charge in [-0.15, -0.1) is 0 Å². The summed E-state index contributed by atoms with van der Waals surface area (Å²) in [4.78, 5) is 13.6. The molecule has 1 aliphatic rings. The second-order valence-corrected chi connectivity index (χ2v) is 4.39. The molecule has 1 heterocycles. The molecule has 2 rings (SSSR count). The molecule has 2 atom stereocenters. The van der Waals surface area contributed by atoms with E-state index in [1.165, 1.54) is 7.11 Å². The summed E-state index contributed by atoms with van der Waals surface area (Å²) >= 11 is 0. The molecule has 17 heavy (non-hydrogen) atoms. The van der Waals surface area contributed by atoms with Crippen molar-refractivity contribution in [3.63, 3.8) is 0 Å². The Hall–Kier alpha value is -1.55. The normalized spacial score (nSPS) is 24.8. The Labute approximate surface area is 101 Å². The Morgan fingerprint density at radius 1 is 1.35 bits per heavy atom. The molecule has 1 N–H and O–H groups in total. The minimum atomic E-state index is -0.172. The number of hydrogen-bond donors (Lipinski definition) is 1. The number of phenols is 1. The quantitative estimate of drug-likeness (QED) is 0.793. The lowest BCUT2D eigenvalue weighted by atomic mass is 10.0. The Bertz CT molecular complexity index is 402. The fourth-order valence-electron chi connectivity index (χ4n) is 2.46. The molecule has 92 valence electrons. The topological polar surface area (TPSA) is 49.8 Å². The molecule has 0 amide bonds. The number of ether oxygens (including phenoxy) is 1. The van der Waals surface area contributed by atoms with Gasteiger partial charge in [-0.05, 0) is 37.6 Å². The summed E-state index contributed by atoms with van der Waals surface area (Å²) in [5, 5.41) is 9.26. The van der Waals surface area contributed by atoms with Gasteiger partial charge in [0.2, 0.25) is 0 Å². The van der Waals surface area contributed by atoms with Crippen molar-refractivity contribution in [1.82, 2.24) is 4.90 Å². The number of phenolic OH excluding ortho intramolecular Hbond substituents is 1. The highest BCUT2D eigenvalue weighted by Crippen LogP contribution is 2.35. The van der Waals surface area contributed by atoms with Gasteiger partial charge >= 0.3 is 5.97 Å². The van der Waals surface area contributed by atoms with Gasteiger partial charge in [0.25, 0.3) is 0 Å². The molecule has 0 unspecified atom stereocenters. The molecule has 0 radical (unpaired) electrons. The first-order valence-electron chi connectivity index (χ1n) is 5.72. The van der Waals surface area contributed by atoms with Crippen molar-refractivity contribution in [3.05, 3.63) is 29.8 Å². The lowest BCUT2D eigenvalue weighted by Gasteiger charge is -2.24. The van der Waals surface area contributed by atoms with Crippen molar-refractivity contribution < 1.29 is 14.6 Å². The van der Waals surface area contributed by atoms with Gasteiger partial charge in [0, 0.05) is 6.04 Å². The van der Waals surface area contributed by atoms with Crippen LogP contribution in [0.3, 0.4) is 0 Å². The number of benzene rings is 1. The summed E-state index contributed by atoms with van der Waals surface area (Å²) in [7, 11) is 3.36. The molecule has 0 aliphatic carbocycles. The van der Waals surface area contributed by atoms with Crippen LogP contribution >= 0.6 is 0 Å². The third-order valence-electron chi connectivity index (χ3n) is 3.45. The van der Waals surface area contributed by atoms with Gasteiger partial charge in [0.05, 0.1) is 7.11 Å². The minimum absolute atomic E-state index is 0.154. The highest BCUT2D eigenvalue weighted by molar-refractivity contribution is 5.76. The van der Waals surface area contributed by atoms with Crippen LogP contribution in [0.4, 0.5) is 0 Å². The summed E-state index contributed by atoms with van der Waals surface area (Å²) in [5.41, 5.74) is 1.12. The van der Waals surface area contributed by atoms with Crippen molar-refractivity contribution in [2.45, 2.75) is 24.9 Å². The van der Waals surface area contributed by atoms with Gasteiger partial charge in [-0.3, -0.25) is 9.69 Å². The largest absolute Gasteiger partial charge is 0.508 e. The second kappa shape index (κ2) is 4.75. The van der Waals surface area contributed by atoms with E-state index in [0.717, 1.165) is 18.4 Å². The highest BCUT2D eigenvalue weighted by atomic mass is 16.5. The number of aromatic hydroxyl groups is 1. The van der Waals surface area contributed by atoms with Crippen LogP contribution in [0, 0.1) is 0 Å². The predicted molar refractivity (Wildman–Crippen MR) is 63.6 cm³/mol. The molecule has 4 heteroatoms. The van der Waals surface area contributed by atoms with E-state index in [9.17, 15) is 9.90 Å². The third kappa shape index (κ3) is 2.26. The summed E-state index contributed by atoms with van der Waals surface area (Å²) in [5.74, 6) is 0.0905. The number of methoxy groups -OCH3 is 1. The molecule has 0 aromatic heterocycles. The van der Waals surface area contributed by atoms with Crippen LogP contribution in [-0.2, 0) is 9.53 Å². The maximum atomic E-state index is 11.6. The van der Waals surface area contributed by atoms with Crippen molar-refractivity contribution >= 4 is 5.97 Å². The average Bonchev–Trinajstić information content (AvgIpc) is 2.71. The zero-order chi connectivity index (χ0) is 12.4. The molecule has 1 aliphatic heterocycles. The third-order valence-corrected chi connectivity index (χ3v) is 3.45. The molecular formula is C13H17NO3. The fourth-order valence-corrected chi connectivity index (χ4v) is 2.46. The fraction of sp³-hybridized carbons (Fsp3) is 0.462. The number of likely N-dealkylation sites (tertiary alicyclic amines) is 1. The molecular weight excluding hydrogens is 218 g/mol. The lowest BCUT2D eigenvalue weighted by Crippen LogP contribution is -2.35. The van der Waals surface area contributed by atoms with Gasteiger partial charge in [0.15, 0.2) is 0 Å². The summed E-state index contributed by atoms with van der Waals surface area (Å²) in [6.45, 7) is 0. The number of hydrogen-bond acceptors (Lipinski definition) is 4. The first-order valence-corrected chi connectivity index (χ1v) is 5.72. The molecule has 0 saturated carbocycles. The molecule has 0 spiro atoms. The van der Waals surface area contributed by atoms with E-state index in [2.05, 4.69) is 0 Å². The van der Waals surface area contributed by atoms with Gasteiger partial charge in [0.1, 0.15) is 11.8 Å². The standard InChI is InChI=1S/C13H17NO3/c1-14-11(7-8-12(14)13(16)17-2)9-3-5-10(15)6-4-9/h3-6,11-12,15H,7-8H2,1-2H3/t11-,12+/m1/s1.